The van der Waals surface area contributed by atoms with E-state index in [1.54, 1.807) is 0 Å². The molecule has 0 aliphatic heterocycles. The van der Waals surface area contributed by atoms with Gasteiger partial charge in [0.05, 0.1) is 6.33 Å². The highest BCUT2D eigenvalue weighted by atomic mass is 35.5. The van der Waals surface area contributed by atoms with E-state index in [-0.39, 0.29) is 0 Å². The van der Waals surface area contributed by atoms with E-state index >= 15 is 0 Å². The monoisotopic (exact) mass is 216 g/mol. The third-order valence-corrected chi connectivity index (χ3v) is 2.25. The Morgan fingerprint density at radius 1 is 1.21 bits per heavy atom. The van der Waals surface area contributed by atoms with Gasteiger partial charge in [-0.1, -0.05) is 24.4 Å². The molecule has 0 N–H and O–H groups in total. The van der Waals surface area contributed by atoms with Gasteiger partial charge in [-0.3, -0.25) is 0 Å². The van der Waals surface area contributed by atoms with Crippen LogP contribution in [0, 0.1) is 0 Å². The summed E-state index contributed by atoms with van der Waals surface area (Å²) in [6, 6.07) is 0.315. The van der Waals surface area contributed by atoms with E-state index in [9.17, 15) is 0 Å². The predicted molar refractivity (Wildman–Crippen MR) is 57.4 cm³/mol. The smallest absolute Gasteiger partial charge is 0.120 e. The average Bonchev–Trinajstić information content (AvgIpc) is 2.69. The van der Waals surface area contributed by atoms with Crippen LogP contribution in [0.4, 0.5) is 0 Å². The molecule has 0 aliphatic carbocycles. The summed E-state index contributed by atoms with van der Waals surface area (Å²) in [4.78, 5) is 3.99. The minimum absolute atomic E-state index is 0.315. The Kier molecular flexibility index (Phi) is 6.45. The fraction of sp³-hybridized carbons (Fsp3) is 0.700. The summed E-state index contributed by atoms with van der Waals surface area (Å²) < 4.78 is 7.14. The van der Waals surface area contributed by atoms with Gasteiger partial charge >= 0.3 is 0 Å². The van der Waals surface area contributed by atoms with Gasteiger partial charge in [-0.2, -0.15) is 0 Å². The van der Waals surface area contributed by atoms with Crippen LogP contribution in [0.25, 0.3) is 0 Å². The van der Waals surface area contributed by atoms with E-state index in [1.165, 1.54) is 19.3 Å². The molecule has 0 fully saturated rings. The molecule has 0 aromatic carbocycles. The average molecular weight is 217 g/mol. The molecule has 0 saturated heterocycles. The maximum Gasteiger partial charge on any atom is 0.120 e. The maximum atomic E-state index is 5.38. The Morgan fingerprint density at radius 3 is 2.79 bits per heavy atom. The van der Waals surface area contributed by atoms with Crippen molar-refractivity contribution in [1.82, 2.24) is 9.55 Å². The predicted octanol–water partition coefficient (Wildman–Crippen LogP) is 2.66. The van der Waals surface area contributed by atoms with Crippen molar-refractivity contribution in [2.45, 2.75) is 32.2 Å². The first-order valence-electron chi connectivity index (χ1n) is 5.03. The minimum atomic E-state index is 0.315. The van der Waals surface area contributed by atoms with Crippen molar-refractivity contribution >= 4 is 11.6 Å². The molecule has 0 bridgehead atoms. The highest BCUT2D eigenvalue weighted by Crippen LogP contribution is 2.02. The van der Waals surface area contributed by atoms with Gasteiger partial charge in [0.1, 0.15) is 6.07 Å². The van der Waals surface area contributed by atoms with Crippen LogP contribution in [0.2, 0.25) is 0 Å². The molecule has 0 unspecified atom stereocenters. The molecule has 0 atom stereocenters. The van der Waals surface area contributed by atoms with Gasteiger partial charge in [0, 0.05) is 25.5 Å². The largest absolute Gasteiger partial charge is 0.366 e. The molecule has 0 amide bonds. The Hall–Kier alpha value is -0.540. The van der Waals surface area contributed by atoms with Crippen LogP contribution in [-0.2, 0) is 11.3 Å². The van der Waals surface area contributed by atoms with Crippen LogP contribution in [0.5, 0.6) is 0 Å². The van der Waals surface area contributed by atoms with Crippen molar-refractivity contribution in [2.75, 3.05) is 12.7 Å². The lowest BCUT2D eigenvalue weighted by Crippen LogP contribution is -1.95. The van der Waals surface area contributed by atoms with Crippen molar-refractivity contribution in [3.8, 4) is 0 Å². The number of aromatic nitrogens is 2. The molecule has 1 aromatic rings. The number of rotatable bonds is 8. The number of hydrogen-bond donors (Lipinski definition) is 0. The molecule has 3 nitrogen and oxygen atoms in total. The number of nitrogens with zero attached hydrogens (tertiary/aromatic N) is 2. The number of ether oxygens (including phenoxy) is 1. The van der Waals surface area contributed by atoms with Crippen LogP contribution in [0.1, 0.15) is 25.7 Å². The van der Waals surface area contributed by atoms with Crippen molar-refractivity contribution < 1.29 is 4.74 Å². The van der Waals surface area contributed by atoms with E-state index < -0.39 is 0 Å². The molecule has 1 aromatic heterocycles. The van der Waals surface area contributed by atoms with E-state index in [0.717, 1.165) is 19.6 Å². The quantitative estimate of drug-likeness (QED) is 0.494. The number of alkyl halides is 1. The molecular weight excluding hydrogens is 200 g/mol. The molecule has 0 radical (unpaired) electrons. The first-order chi connectivity index (χ1) is 6.93. The summed E-state index contributed by atoms with van der Waals surface area (Å²) >= 11 is 5.38. The number of halogens is 1. The molecule has 0 saturated carbocycles. The first-order valence-corrected chi connectivity index (χ1v) is 5.56. The summed E-state index contributed by atoms with van der Waals surface area (Å²) in [5.41, 5.74) is 0. The molecule has 80 valence electrons. The van der Waals surface area contributed by atoms with Gasteiger partial charge in [0.15, 0.2) is 0 Å². The van der Waals surface area contributed by atoms with Crippen LogP contribution in [0.15, 0.2) is 18.7 Å². The third kappa shape index (κ3) is 5.25. The number of hydrogen-bond acceptors (Lipinski definition) is 2. The Balaban J connectivity index is 1.85. The van der Waals surface area contributed by atoms with Gasteiger partial charge in [-0.25, -0.2) is 4.98 Å². The standard InChI is InChI=1S/C10H17ClN2O/c11-9-14-8-4-2-1-3-6-13-7-5-12-10-13/h5,7,10H,1-4,6,8-9H2. The summed E-state index contributed by atoms with van der Waals surface area (Å²) in [6.45, 7) is 1.85. The fourth-order valence-corrected chi connectivity index (χ4v) is 1.43. The van der Waals surface area contributed by atoms with Crippen LogP contribution >= 0.6 is 11.6 Å². The van der Waals surface area contributed by atoms with E-state index in [2.05, 4.69) is 9.55 Å². The molecular formula is C10H17ClN2O. The Labute approximate surface area is 90.0 Å². The summed E-state index contributed by atoms with van der Waals surface area (Å²) in [7, 11) is 0. The fourth-order valence-electron chi connectivity index (χ4n) is 1.33. The lowest BCUT2D eigenvalue weighted by molar-refractivity contribution is 0.173. The van der Waals surface area contributed by atoms with Crippen molar-refractivity contribution in [3.05, 3.63) is 18.7 Å². The zero-order valence-electron chi connectivity index (χ0n) is 8.36. The molecule has 1 heterocycles. The second kappa shape index (κ2) is 7.83. The topological polar surface area (TPSA) is 27.1 Å². The molecule has 0 aliphatic rings. The number of unbranched alkanes of at least 4 members (excludes halogenated alkanes) is 3. The van der Waals surface area contributed by atoms with E-state index in [1.807, 2.05) is 18.7 Å². The Morgan fingerprint density at radius 2 is 2.07 bits per heavy atom. The van der Waals surface area contributed by atoms with Gasteiger partial charge in [-0.05, 0) is 12.8 Å². The minimum Gasteiger partial charge on any atom is -0.366 e. The number of imidazole rings is 1. The van der Waals surface area contributed by atoms with Crippen molar-refractivity contribution in [1.29, 1.82) is 0 Å². The zero-order valence-corrected chi connectivity index (χ0v) is 9.12. The normalized spacial score (nSPS) is 10.6. The lowest BCUT2D eigenvalue weighted by atomic mass is 10.2. The van der Waals surface area contributed by atoms with E-state index in [0.29, 0.717) is 6.07 Å². The zero-order chi connectivity index (χ0) is 10.1. The second-order valence-electron chi connectivity index (χ2n) is 3.23. The van der Waals surface area contributed by atoms with Crippen molar-refractivity contribution in [3.63, 3.8) is 0 Å². The van der Waals surface area contributed by atoms with E-state index in [4.69, 9.17) is 16.3 Å². The summed E-state index contributed by atoms with van der Waals surface area (Å²) in [5, 5.41) is 0. The molecule has 0 spiro atoms. The molecule has 4 heteroatoms. The van der Waals surface area contributed by atoms with Gasteiger partial charge in [0.2, 0.25) is 0 Å². The highest BCUT2D eigenvalue weighted by Gasteiger charge is 1.92. The highest BCUT2D eigenvalue weighted by molar-refractivity contribution is 6.17. The molecule has 14 heavy (non-hydrogen) atoms. The summed E-state index contributed by atoms with van der Waals surface area (Å²) in [5.74, 6) is 0. The van der Waals surface area contributed by atoms with Crippen LogP contribution in [-0.4, -0.2) is 22.2 Å². The second-order valence-corrected chi connectivity index (χ2v) is 3.45. The van der Waals surface area contributed by atoms with Gasteiger partial charge in [-0.15, -0.1) is 0 Å². The van der Waals surface area contributed by atoms with Crippen LogP contribution < -0.4 is 0 Å². The van der Waals surface area contributed by atoms with Gasteiger partial charge < -0.3 is 9.30 Å². The van der Waals surface area contributed by atoms with Crippen molar-refractivity contribution in [2.24, 2.45) is 0 Å². The SMILES string of the molecule is ClCOCCCCCCn1ccnc1. The lowest BCUT2D eigenvalue weighted by Gasteiger charge is -2.02. The molecule has 1 rings (SSSR count). The number of aryl methyl sites for hydroxylation is 1. The first kappa shape index (κ1) is 11.5. The maximum absolute atomic E-state index is 5.38. The van der Waals surface area contributed by atoms with Crippen LogP contribution in [0.3, 0.4) is 0 Å². The van der Waals surface area contributed by atoms with Gasteiger partial charge in [0.25, 0.3) is 0 Å². The third-order valence-electron chi connectivity index (χ3n) is 2.09. The Bertz CT molecular complexity index is 214. The summed E-state index contributed by atoms with van der Waals surface area (Å²) in [6.07, 6.45) is 10.4.